The Hall–Kier alpha value is -2.41. The predicted molar refractivity (Wildman–Crippen MR) is 62.7 cm³/mol. The molecule has 4 heteroatoms. The minimum Gasteiger partial charge on any atom is -0.268 e. The molecule has 0 spiro atoms. The van der Waals surface area contributed by atoms with Crippen LogP contribution in [0.2, 0.25) is 0 Å². The summed E-state index contributed by atoms with van der Waals surface area (Å²) < 4.78 is 14.0. The molecule has 0 fully saturated rings. The van der Waals surface area contributed by atoms with Gasteiger partial charge in [-0.05, 0) is 30.3 Å². The van der Waals surface area contributed by atoms with Crippen molar-refractivity contribution in [2.45, 2.75) is 6.54 Å². The smallest absolute Gasteiger partial charge is 0.267 e. The normalized spacial score (nSPS) is 9.88. The van der Waals surface area contributed by atoms with E-state index in [0.29, 0.717) is 5.69 Å². The van der Waals surface area contributed by atoms with Gasteiger partial charge in [-0.3, -0.25) is 4.79 Å². The fourth-order valence-corrected chi connectivity index (χ4v) is 1.42. The fourth-order valence-electron chi connectivity index (χ4n) is 1.42. The van der Waals surface area contributed by atoms with E-state index in [4.69, 9.17) is 6.42 Å². The van der Waals surface area contributed by atoms with Crippen LogP contribution in [-0.4, -0.2) is 9.78 Å². The molecule has 0 saturated carbocycles. The van der Waals surface area contributed by atoms with E-state index in [2.05, 4.69) is 11.0 Å². The highest BCUT2D eigenvalue weighted by molar-refractivity contribution is 5.57. The first-order valence-corrected chi connectivity index (χ1v) is 4.98. The Labute approximate surface area is 97.5 Å². The van der Waals surface area contributed by atoms with Gasteiger partial charge in [0.1, 0.15) is 12.4 Å². The van der Waals surface area contributed by atoms with Crippen molar-refractivity contribution < 1.29 is 4.39 Å². The first-order valence-electron chi connectivity index (χ1n) is 4.98. The van der Waals surface area contributed by atoms with Crippen molar-refractivity contribution in [2.24, 2.45) is 0 Å². The molecule has 17 heavy (non-hydrogen) atoms. The van der Waals surface area contributed by atoms with Gasteiger partial charge in [-0.2, -0.15) is 5.10 Å². The van der Waals surface area contributed by atoms with Gasteiger partial charge in [0.15, 0.2) is 0 Å². The summed E-state index contributed by atoms with van der Waals surface area (Å²) in [6.07, 6.45) is 5.14. The maximum Gasteiger partial charge on any atom is 0.267 e. The third-order valence-corrected chi connectivity index (χ3v) is 2.25. The Morgan fingerprint density at radius 3 is 2.59 bits per heavy atom. The molecule has 0 amide bonds. The monoisotopic (exact) mass is 228 g/mol. The van der Waals surface area contributed by atoms with Crippen molar-refractivity contribution in [3.8, 4) is 23.6 Å². The molecule has 0 radical (unpaired) electrons. The number of hydrogen-bond donors (Lipinski definition) is 0. The molecule has 3 nitrogen and oxygen atoms in total. The van der Waals surface area contributed by atoms with Gasteiger partial charge in [0.25, 0.3) is 5.56 Å². The van der Waals surface area contributed by atoms with Gasteiger partial charge in [-0.15, -0.1) is 6.42 Å². The molecule has 84 valence electrons. The summed E-state index contributed by atoms with van der Waals surface area (Å²) in [7, 11) is 0. The highest BCUT2D eigenvalue weighted by Gasteiger charge is 2.02. The summed E-state index contributed by atoms with van der Waals surface area (Å²) in [6.45, 7) is 0.119. The highest BCUT2D eigenvalue weighted by Crippen LogP contribution is 2.15. The van der Waals surface area contributed by atoms with E-state index in [-0.39, 0.29) is 17.9 Å². The summed E-state index contributed by atoms with van der Waals surface area (Å²) in [5, 5.41) is 4.10. The zero-order valence-electron chi connectivity index (χ0n) is 8.93. The first-order chi connectivity index (χ1) is 8.20. The summed E-state index contributed by atoms with van der Waals surface area (Å²) in [6, 6.07) is 8.86. The molecule has 1 aromatic heterocycles. The van der Waals surface area contributed by atoms with Crippen LogP contribution >= 0.6 is 0 Å². The van der Waals surface area contributed by atoms with Crippen LogP contribution in [0.5, 0.6) is 0 Å². The number of aromatic nitrogens is 2. The molecule has 0 aliphatic heterocycles. The SMILES string of the molecule is C#CCn1nc(-c2ccc(F)cc2)ccc1=O. The highest BCUT2D eigenvalue weighted by atomic mass is 19.1. The minimum absolute atomic E-state index is 0.119. The minimum atomic E-state index is -0.314. The Balaban J connectivity index is 2.47. The molecule has 2 rings (SSSR count). The van der Waals surface area contributed by atoms with E-state index in [1.54, 1.807) is 18.2 Å². The average molecular weight is 228 g/mol. The lowest BCUT2D eigenvalue weighted by molar-refractivity contribution is 0.628. The van der Waals surface area contributed by atoms with Crippen molar-refractivity contribution >= 4 is 0 Å². The van der Waals surface area contributed by atoms with Gasteiger partial charge in [0.05, 0.1) is 5.69 Å². The molecule has 1 aromatic carbocycles. The molecular weight excluding hydrogens is 219 g/mol. The summed E-state index contributed by atoms with van der Waals surface area (Å²) in [5.74, 6) is 2.04. The molecule has 0 saturated heterocycles. The van der Waals surface area contributed by atoms with Crippen LogP contribution in [0.1, 0.15) is 0 Å². The maximum absolute atomic E-state index is 12.8. The van der Waals surface area contributed by atoms with Crippen molar-refractivity contribution in [1.82, 2.24) is 9.78 Å². The molecule has 0 aliphatic rings. The van der Waals surface area contributed by atoms with Crippen LogP contribution in [0.3, 0.4) is 0 Å². The second-order valence-electron chi connectivity index (χ2n) is 3.43. The number of halogens is 1. The number of rotatable bonds is 2. The third-order valence-electron chi connectivity index (χ3n) is 2.25. The van der Waals surface area contributed by atoms with Crippen molar-refractivity contribution in [3.63, 3.8) is 0 Å². The van der Waals surface area contributed by atoms with Gasteiger partial charge >= 0.3 is 0 Å². The maximum atomic E-state index is 12.8. The Morgan fingerprint density at radius 1 is 1.24 bits per heavy atom. The van der Waals surface area contributed by atoms with Crippen LogP contribution in [0.4, 0.5) is 4.39 Å². The van der Waals surface area contributed by atoms with E-state index >= 15 is 0 Å². The molecule has 1 heterocycles. The number of nitrogens with zero attached hydrogens (tertiary/aromatic N) is 2. The standard InChI is InChI=1S/C13H9FN2O/c1-2-9-16-13(17)8-7-12(15-16)10-3-5-11(14)6-4-10/h1,3-8H,9H2. The predicted octanol–water partition coefficient (Wildman–Crippen LogP) is 1.68. The van der Waals surface area contributed by atoms with Gasteiger partial charge < -0.3 is 0 Å². The number of hydrogen-bond acceptors (Lipinski definition) is 2. The quantitative estimate of drug-likeness (QED) is 0.733. The van der Waals surface area contributed by atoms with Crippen LogP contribution in [0.25, 0.3) is 11.3 Å². The van der Waals surface area contributed by atoms with Crippen molar-refractivity contribution in [1.29, 1.82) is 0 Å². The van der Waals surface area contributed by atoms with Gasteiger partial charge in [0, 0.05) is 11.6 Å². The van der Waals surface area contributed by atoms with E-state index in [0.717, 1.165) is 5.56 Å². The first kappa shape index (κ1) is 11.1. The van der Waals surface area contributed by atoms with Crippen LogP contribution in [0.15, 0.2) is 41.2 Å². The zero-order valence-corrected chi connectivity index (χ0v) is 8.93. The fraction of sp³-hybridized carbons (Fsp3) is 0.0769. The van der Waals surface area contributed by atoms with Gasteiger partial charge in [-0.25, -0.2) is 9.07 Å². The summed E-state index contributed by atoms with van der Waals surface area (Å²) in [4.78, 5) is 11.4. The van der Waals surface area contributed by atoms with E-state index in [1.165, 1.54) is 22.9 Å². The Bertz CT molecular complexity index is 623. The topological polar surface area (TPSA) is 34.9 Å². The van der Waals surface area contributed by atoms with Crippen molar-refractivity contribution in [2.75, 3.05) is 0 Å². The summed E-state index contributed by atoms with van der Waals surface area (Å²) in [5.41, 5.74) is 1.06. The Kier molecular flexibility index (Phi) is 3.01. The molecule has 0 unspecified atom stereocenters. The second kappa shape index (κ2) is 4.62. The average Bonchev–Trinajstić information content (AvgIpc) is 2.33. The third kappa shape index (κ3) is 2.40. The van der Waals surface area contributed by atoms with E-state index in [1.807, 2.05) is 0 Å². The lowest BCUT2D eigenvalue weighted by Gasteiger charge is -2.04. The lowest BCUT2D eigenvalue weighted by atomic mass is 10.1. The van der Waals surface area contributed by atoms with Crippen LogP contribution in [0, 0.1) is 18.2 Å². The van der Waals surface area contributed by atoms with Crippen LogP contribution in [-0.2, 0) is 6.54 Å². The molecule has 2 aromatic rings. The number of terminal acetylenes is 1. The van der Waals surface area contributed by atoms with E-state index in [9.17, 15) is 9.18 Å². The largest absolute Gasteiger partial charge is 0.268 e. The van der Waals surface area contributed by atoms with Crippen LogP contribution < -0.4 is 5.56 Å². The number of benzene rings is 1. The summed E-state index contributed by atoms with van der Waals surface area (Å²) >= 11 is 0. The van der Waals surface area contributed by atoms with Gasteiger partial charge in [-0.1, -0.05) is 5.92 Å². The Morgan fingerprint density at radius 2 is 1.94 bits per heavy atom. The molecule has 0 atom stereocenters. The van der Waals surface area contributed by atoms with Gasteiger partial charge in [0.2, 0.25) is 0 Å². The van der Waals surface area contributed by atoms with E-state index < -0.39 is 0 Å². The molecule has 0 bridgehead atoms. The molecular formula is C13H9FN2O. The van der Waals surface area contributed by atoms with Crippen molar-refractivity contribution in [3.05, 3.63) is 52.6 Å². The second-order valence-corrected chi connectivity index (χ2v) is 3.43. The lowest BCUT2D eigenvalue weighted by Crippen LogP contribution is -2.21. The zero-order chi connectivity index (χ0) is 12.3. The molecule has 0 aliphatic carbocycles. The molecule has 0 N–H and O–H groups in total.